The lowest BCUT2D eigenvalue weighted by molar-refractivity contribution is 0.102. The van der Waals surface area contributed by atoms with Gasteiger partial charge in [-0.2, -0.15) is 15.3 Å². The van der Waals surface area contributed by atoms with E-state index in [-0.39, 0.29) is 11.8 Å². The summed E-state index contributed by atoms with van der Waals surface area (Å²) in [6.07, 6.45) is 2.51. The van der Waals surface area contributed by atoms with Gasteiger partial charge in [0, 0.05) is 17.4 Å². The van der Waals surface area contributed by atoms with E-state index in [0.29, 0.717) is 46.0 Å². The van der Waals surface area contributed by atoms with Gasteiger partial charge >= 0.3 is 0 Å². The van der Waals surface area contributed by atoms with Crippen LogP contribution in [0, 0.1) is 18.3 Å². The molecule has 0 aliphatic heterocycles. The minimum Gasteiger partial charge on any atom is -0.339 e. The van der Waals surface area contributed by atoms with Crippen molar-refractivity contribution in [3.05, 3.63) is 65.3 Å². The number of fused-ring (bicyclic) bond motifs is 1. The molecule has 1 saturated carbocycles. The minimum absolute atomic E-state index is 0.298. The van der Waals surface area contributed by atoms with Gasteiger partial charge in [0.2, 0.25) is 11.7 Å². The van der Waals surface area contributed by atoms with Gasteiger partial charge in [-0.1, -0.05) is 17.3 Å². The summed E-state index contributed by atoms with van der Waals surface area (Å²) in [5.41, 5.74) is 3.52. The first-order valence-electron chi connectivity index (χ1n) is 9.31. The number of aryl methyl sites for hydroxylation is 1. The van der Waals surface area contributed by atoms with E-state index in [4.69, 9.17) is 9.78 Å². The molecule has 0 radical (unpaired) electrons. The van der Waals surface area contributed by atoms with Crippen molar-refractivity contribution in [1.82, 2.24) is 19.8 Å². The highest BCUT2D eigenvalue weighted by Crippen LogP contribution is 2.43. The first-order valence-corrected chi connectivity index (χ1v) is 9.31. The summed E-state index contributed by atoms with van der Waals surface area (Å²) in [7, 11) is 0. The van der Waals surface area contributed by atoms with E-state index >= 15 is 0 Å². The Labute approximate surface area is 169 Å². The number of rotatable bonds is 4. The van der Waals surface area contributed by atoms with Crippen LogP contribution in [0.25, 0.3) is 16.9 Å². The number of halogens is 1. The van der Waals surface area contributed by atoms with Crippen LogP contribution in [-0.4, -0.2) is 31.8 Å². The van der Waals surface area contributed by atoms with E-state index < -0.39 is 6.17 Å². The first kappa shape index (κ1) is 18.0. The lowest BCUT2D eigenvalue weighted by Gasteiger charge is -2.09. The van der Waals surface area contributed by atoms with E-state index in [1.165, 1.54) is 10.7 Å². The summed E-state index contributed by atoms with van der Waals surface area (Å²) >= 11 is 0. The smallest absolute Gasteiger partial charge is 0.259 e. The van der Waals surface area contributed by atoms with Crippen LogP contribution < -0.4 is 5.32 Å². The molecule has 0 unspecified atom stereocenters. The number of carbonyl (C=O) groups is 1. The number of nitriles is 1. The Morgan fingerprint density at radius 3 is 2.97 bits per heavy atom. The number of hydrogen-bond donors (Lipinski definition) is 1. The van der Waals surface area contributed by atoms with Crippen LogP contribution in [0.3, 0.4) is 0 Å². The van der Waals surface area contributed by atoms with Gasteiger partial charge in [-0.05, 0) is 37.1 Å². The highest BCUT2D eigenvalue weighted by molar-refractivity contribution is 6.09. The molecule has 1 amide bonds. The van der Waals surface area contributed by atoms with Crippen LogP contribution >= 0.6 is 0 Å². The Balaban J connectivity index is 1.42. The topological polar surface area (TPSA) is 109 Å². The normalized spacial score (nSPS) is 17.6. The van der Waals surface area contributed by atoms with Gasteiger partial charge < -0.3 is 9.84 Å². The second kappa shape index (κ2) is 6.77. The van der Waals surface area contributed by atoms with Crippen molar-refractivity contribution in [2.24, 2.45) is 0 Å². The Bertz CT molecular complexity index is 1340. The fourth-order valence-electron chi connectivity index (χ4n) is 3.23. The molecule has 30 heavy (non-hydrogen) atoms. The molecule has 1 aliphatic rings. The highest BCUT2D eigenvalue weighted by atomic mass is 19.1. The maximum absolute atomic E-state index is 13.2. The SMILES string of the molecule is Cc1ccc(-c2noc([C@H]3C[C@@H]3F)n2)cc1NC(=O)c1cnn2cc(C#N)ccc12. The molecule has 1 aromatic carbocycles. The summed E-state index contributed by atoms with van der Waals surface area (Å²) in [4.78, 5) is 17.1. The van der Waals surface area contributed by atoms with Crippen molar-refractivity contribution in [3.63, 3.8) is 0 Å². The number of amides is 1. The van der Waals surface area contributed by atoms with Crippen LogP contribution in [0.15, 0.2) is 47.2 Å². The zero-order valence-corrected chi connectivity index (χ0v) is 15.8. The largest absolute Gasteiger partial charge is 0.339 e. The average Bonchev–Trinajstić information content (AvgIpc) is 3.15. The number of benzene rings is 1. The van der Waals surface area contributed by atoms with Crippen LogP contribution in [0.5, 0.6) is 0 Å². The first-order chi connectivity index (χ1) is 14.5. The predicted molar refractivity (Wildman–Crippen MR) is 105 cm³/mol. The fraction of sp³-hybridized carbons (Fsp3) is 0.190. The van der Waals surface area contributed by atoms with E-state index in [0.717, 1.165) is 5.56 Å². The minimum atomic E-state index is -0.916. The Hall–Kier alpha value is -4.06. The van der Waals surface area contributed by atoms with Crippen molar-refractivity contribution in [2.45, 2.75) is 25.4 Å². The van der Waals surface area contributed by atoms with E-state index in [1.807, 2.05) is 25.1 Å². The van der Waals surface area contributed by atoms with E-state index in [1.54, 1.807) is 24.4 Å². The maximum Gasteiger partial charge on any atom is 0.259 e. The van der Waals surface area contributed by atoms with Gasteiger partial charge in [0.25, 0.3) is 5.91 Å². The number of carbonyl (C=O) groups excluding carboxylic acids is 1. The quantitative estimate of drug-likeness (QED) is 0.558. The van der Waals surface area contributed by atoms with Crippen LogP contribution in [0.4, 0.5) is 10.1 Å². The zero-order chi connectivity index (χ0) is 20.8. The molecule has 4 aromatic rings. The van der Waals surface area contributed by atoms with Crippen LogP contribution in [0.2, 0.25) is 0 Å². The molecule has 1 fully saturated rings. The molecule has 2 atom stereocenters. The molecule has 148 valence electrons. The molecule has 3 aromatic heterocycles. The maximum atomic E-state index is 13.2. The van der Waals surface area contributed by atoms with Gasteiger partial charge in [0.1, 0.15) is 12.2 Å². The third-order valence-corrected chi connectivity index (χ3v) is 5.11. The number of nitrogens with one attached hydrogen (secondary N) is 1. The number of aromatic nitrogens is 4. The summed E-state index contributed by atoms with van der Waals surface area (Å²) in [5, 5.41) is 20.0. The van der Waals surface area contributed by atoms with Gasteiger partial charge in [0.15, 0.2) is 0 Å². The van der Waals surface area contributed by atoms with Gasteiger partial charge in [0.05, 0.1) is 28.8 Å². The molecular weight excluding hydrogens is 387 g/mol. The van der Waals surface area contributed by atoms with Crippen molar-refractivity contribution >= 4 is 17.1 Å². The molecule has 5 rings (SSSR count). The molecule has 1 aliphatic carbocycles. The van der Waals surface area contributed by atoms with Crippen LogP contribution in [0.1, 0.15) is 39.7 Å². The summed E-state index contributed by atoms with van der Waals surface area (Å²) in [5.74, 6) is 0.00132. The van der Waals surface area contributed by atoms with Gasteiger partial charge in [-0.25, -0.2) is 8.91 Å². The molecular formula is C21H15FN6O2. The molecule has 0 bridgehead atoms. The molecule has 8 nitrogen and oxygen atoms in total. The highest BCUT2D eigenvalue weighted by Gasteiger charge is 2.43. The predicted octanol–water partition coefficient (Wildman–Crippen LogP) is 3.64. The Morgan fingerprint density at radius 2 is 2.20 bits per heavy atom. The molecule has 0 saturated heterocycles. The zero-order valence-electron chi connectivity index (χ0n) is 15.8. The molecule has 3 heterocycles. The fourth-order valence-corrected chi connectivity index (χ4v) is 3.23. The van der Waals surface area contributed by atoms with Crippen molar-refractivity contribution < 1.29 is 13.7 Å². The summed E-state index contributed by atoms with van der Waals surface area (Å²) in [6, 6.07) is 10.8. The molecule has 0 spiro atoms. The number of pyridine rings is 1. The van der Waals surface area contributed by atoms with Crippen molar-refractivity contribution in [3.8, 4) is 17.5 Å². The lowest BCUT2D eigenvalue weighted by Crippen LogP contribution is -2.12. The lowest BCUT2D eigenvalue weighted by atomic mass is 10.1. The number of nitrogens with zero attached hydrogens (tertiary/aromatic N) is 5. The third kappa shape index (κ3) is 3.08. The van der Waals surface area contributed by atoms with Crippen molar-refractivity contribution in [2.75, 3.05) is 5.32 Å². The van der Waals surface area contributed by atoms with Crippen LogP contribution in [-0.2, 0) is 0 Å². The Kier molecular flexibility index (Phi) is 4.06. The summed E-state index contributed by atoms with van der Waals surface area (Å²) in [6.45, 7) is 1.87. The average molecular weight is 402 g/mol. The second-order valence-corrected chi connectivity index (χ2v) is 7.22. The summed E-state index contributed by atoms with van der Waals surface area (Å²) < 4.78 is 19.9. The molecule has 9 heteroatoms. The number of anilines is 1. The van der Waals surface area contributed by atoms with E-state index in [2.05, 4.69) is 20.6 Å². The second-order valence-electron chi connectivity index (χ2n) is 7.22. The molecule has 1 N–H and O–H groups in total. The standard InChI is InChI=1S/C21H15FN6O2/c1-11-2-4-13(19-26-21(30-27-19)14-7-16(14)22)6-17(11)25-20(29)15-9-24-28-10-12(8-23)3-5-18(15)28/h2-6,9-10,14,16H,7H2,1H3,(H,25,29)/t14-,16-/m0/s1. The number of hydrogen-bond acceptors (Lipinski definition) is 6. The third-order valence-electron chi connectivity index (χ3n) is 5.11. The van der Waals surface area contributed by atoms with Gasteiger partial charge in [-0.3, -0.25) is 4.79 Å². The monoisotopic (exact) mass is 402 g/mol. The Morgan fingerprint density at radius 1 is 1.37 bits per heavy atom. The number of alkyl halides is 1. The van der Waals surface area contributed by atoms with E-state index in [9.17, 15) is 9.18 Å². The van der Waals surface area contributed by atoms with Crippen molar-refractivity contribution in [1.29, 1.82) is 5.26 Å². The van der Waals surface area contributed by atoms with Gasteiger partial charge in [-0.15, -0.1) is 0 Å².